The number of aliphatic hydroxyl groups is 1. The Balaban J connectivity index is 1.79. The number of carboxylic acid groups (broad SMARTS) is 1. The van der Waals surface area contributed by atoms with E-state index in [0.717, 1.165) is 0 Å². The van der Waals surface area contributed by atoms with E-state index in [4.69, 9.17) is 11.6 Å². The lowest BCUT2D eigenvalue weighted by Crippen LogP contribution is -2.55. The van der Waals surface area contributed by atoms with E-state index in [2.05, 4.69) is 22.5 Å². The second-order valence-electron chi connectivity index (χ2n) is 8.65. The second kappa shape index (κ2) is 9.60. The topological polar surface area (TPSA) is 98.2 Å². The van der Waals surface area contributed by atoms with Gasteiger partial charge in [0.2, 0.25) is 5.91 Å². The van der Waals surface area contributed by atoms with E-state index in [1.54, 1.807) is 35.2 Å². The normalized spacial score (nSPS) is 32.2. The molecule has 1 spiro atoms. The molecule has 4 rings (SSSR count). The van der Waals surface area contributed by atoms with Crippen molar-refractivity contribution in [1.82, 2.24) is 4.90 Å². The fourth-order valence-corrected chi connectivity index (χ4v) is 9.42. The maximum Gasteiger partial charge on any atom is 0.308 e. The molecule has 6 atom stereocenters. The number of fused-ring (bicyclic) bond motifs is 1. The van der Waals surface area contributed by atoms with E-state index in [1.165, 1.54) is 16.7 Å². The van der Waals surface area contributed by atoms with Gasteiger partial charge in [-0.15, -0.1) is 18.3 Å². The Bertz CT molecular complexity index is 980. The van der Waals surface area contributed by atoms with Gasteiger partial charge in [-0.3, -0.25) is 14.4 Å². The number of thioether (sulfide) groups is 1. The summed E-state index contributed by atoms with van der Waals surface area (Å²) in [4.78, 5) is 43.0. The van der Waals surface area contributed by atoms with Gasteiger partial charge in [-0.2, -0.15) is 0 Å². The van der Waals surface area contributed by atoms with E-state index in [-0.39, 0.29) is 41.6 Å². The molecule has 2 bridgehead atoms. The van der Waals surface area contributed by atoms with Crippen molar-refractivity contribution in [2.75, 3.05) is 24.6 Å². The molecule has 1 aromatic rings. The molecule has 33 heavy (non-hydrogen) atoms. The zero-order valence-electron chi connectivity index (χ0n) is 17.9. The Morgan fingerprint density at radius 1 is 1.36 bits per heavy atom. The molecule has 3 saturated heterocycles. The molecule has 0 aliphatic carbocycles. The number of aliphatic carboxylic acids is 1. The van der Waals surface area contributed by atoms with Crippen molar-refractivity contribution in [3.05, 3.63) is 41.9 Å². The monoisotopic (exact) mass is 556 g/mol. The molecule has 3 aliphatic heterocycles. The fraction of sp³-hybridized carbons (Fsp3) is 0.522. The SMILES string of the molecule is C=CCN(C(=O)C1N(CCCCO)C(=O)[C@@H]2[C@@H](C(=O)O)[C@@H]3SC12CC3Br)c1ccccc1Cl. The first kappa shape index (κ1) is 24.6. The number of benzene rings is 1. The fourth-order valence-electron chi connectivity index (χ4n) is 5.58. The van der Waals surface area contributed by atoms with Crippen molar-refractivity contribution in [2.24, 2.45) is 11.8 Å². The molecule has 2 N–H and O–H groups in total. The lowest BCUT2D eigenvalue weighted by Gasteiger charge is -2.37. The Kier molecular flexibility index (Phi) is 7.15. The number of para-hydroxylation sites is 1. The van der Waals surface area contributed by atoms with Gasteiger partial charge in [0.25, 0.3) is 5.91 Å². The molecular weight excluding hydrogens is 532 g/mol. The molecular formula is C23H26BrClN2O5S. The van der Waals surface area contributed by atoms with Gasteiger partial charge in [0.15, 0.2) is 0 Å². The van der Waals surface area contributed by atoms with Gasteiger partial charge in [0.1, 0.15) is 6.04 Å². The Morgan fingerprint density at radius 2 is 2.09 bits per heavy atom. The number of carbonyl (C=O) groups excluding carboxylic acids is 2. The quantitative estimate of drug-likeness (QED) is 0.275. The number of rotatable bonds is 9. The third-order valence-corrected chi connectivity index (χ3v) is 10.4. The average Bonchev–Trinajstić information content (AvgIpc) is 3.36. The van der Waals surface area contributed by atoms with Gasteiger partial charge in [0, 0.05) is 29.8 Å². The lowest BCUT2D eigenvalue weighted by molar-refractivity contribution is -0.148. The van der Waals surface area contributed by atoms with Crippen molar-refractivity contribution >= 4 is 62.8 Å². The van der Waals surface area contributed by atoms with Crippen LogP contribution in [0.2, 0.25) is 5.02 Å². The summed E-state index contributed by atoms with van der Waals surface area (Å²) >= 11 is 11.5. The van der Waals surface area contributed by atoms with Gasteiger partial charge in [-0.1, -0.05) is 45.7 Å². The highest BCUT2D eigenvalue weighted by Gasteiger charge is 2.76. The maximum absolute atomic E-state index is 14.2. The standard InChI is InChI=1S/C23H26BrClN2O5S/c1-2-9-26(15-8-4-3-7-14(15)25)21(30)19-23-12-13(24)18(33-23)16(22(31)32)17(23)20(29)27(19)10-5-6-11-28/h2-4,7-8,13,16-19,28H,1,5-6,9-12H2,(H,31,32)/t13?,16-,17+,18-,19?,23?/m1/s1. The summed E-state index contributed by atoms with van der Waals surface area (Å²) in [6.45, 7) is 4.25. The molecule has 2 amide bonds. The molecule has 7 nitrogen and oxygen atoms in total. The molecule has 3 aliphatic rings. The van der Waals surface area contributed by atoms with E-state index in [0.29, 0.717) is 30.0 Å². The molecule has 3 unspecified atom stereocenters. The van der Waals surface area contributed by atoms with Crippen LogP contribution in [0.1, 0.15) is 19.3 Å². The molecule has 0 radical (unpaired) electrons. The van der Waals surface area contributed by atoms with Gasteiger partial charge in [0.05, 0.1) is 27.3 Å². The van der Waals surface area contributed by atoms with E-state index >= 15 is 0 Å². The minimum atomic E-state index is -1.01. The molecule has 0 aromatic heterocycles. The van der Waals surface area contributed by atoms with Crippen LogP contribution in [0.15, 0.2) is 36.9 Å². The number of nitrogens with zero attached hydrogens (tertiary/aromatic N) is 2. The number of halogens is 2. The second-order valence-corrected chi connectivity index (χ2v) is 11.8. The number of hydrogen-bond acceptors (Lipinski definition) is 5. The number of alkyl halides is 1. The Hall–Kier alpha value is -1.55. The van der Waals surface area contributed by atoms with Crippen molar-refractivity contribution in [3.8, 4) is 0 Å². The third kappa shape index (κ3) is 3.90. The van der Waals surface area contributed by atoms with Crippen LogP contribution in [-0.4, -0.2) is 73.5 Å². The van der Waals surface area contributed by atoms with Crippen LogP contribution in [0.4, 0.5) is 5.69 Å². The molecule has 1 aromatic carbocycles. The van der Waals surface area contributed by atoms with Gasteiger partial charge < -0.3 is 20.0 Å². The first-order valence-corrected chi connectivity index (χ1v) is 13.1. The first-order valence-electron chi connectivity index (χ1n) is 10.9. The molecule has 10 heteroatoms. The molecule has 3 heterocycles. The van der Waals surface area contributed by atoms with Crippen LogP contribution >= 0.6 is 39.3 Å². The largest absolute Gasteiger partial charge is 0.481 e. The number of unbranched alkanes of at least 4 members (excludes halogenated alkanes) is 1. The van der Waals surface area contributed by atoms with Crippen molar-refractivity contribution < 1.29 is 24.6 Å². The van der Waals surface area contributed by atoms with Crippen molar-refractivity contribution in [1.29, 1.82) is 0 Å². The molecule has 178 valence electrons. The highest BCUT2D eigenvalue weighted by Crippen LogP contribution is 2.67. The number of anilines is 1. The molecule has 3 fully saturated rings. The average molecular weight is 558 g/mol. The van der Waals surface area contributed by atoms with Crippen molar-refractivity contribution in [3.63, 3.8) is 0 Å². The summed E-state index contributed by atoms with van der Waals surface area (Å²) in [6.07, 6.45) is 3.14. The summed E-state index contributed by atoms with van der Waals surface area (Å²) in [5.74, 6) is -3.20. The number of carboxylic acids is 1. The summed E-state index contributed by atoms with van der Waals surface area (Å²) < 4.78 is -0.837. The van der Waals surface area contributed by atoms with E-state index < -0.39 is 28.6 Å². The Morgan fingerprint density at radius 3 is 2.73 bits per heavy atom. The highest BCUT2D eigenvalue weighted by atomic mass is 79.9. The van der Waals surface area contributed by atoms with Crippen LogP contribution in [0.5, 0.6) is 0 Å². The van der Waals surface area contributed by atoms with Crippen molar-refractivity contribution in [2.45, 2.75) is 40.1 Å². The summed E-state index contributed by atoms with van der Waals surface area (Å²) in [6, 6.07) is 6.18. The van der Waals surface area contributed by atoms with Gasteiger partial charge >= 0.3 is 5.97 Å². The minimum Gasteiger partial charge on any atom is -0.481 e. The third-order valence-electron chi connectivity index (χ3n) is 6.84. The summed E-state index contributed by atoms with van der Waals surface area (Å²) in [5.41, 5.74) is 0.523. The number of carbonyl (C=O) groups is 3. The maximum atomic E-state index is 14.2. The predicted octanol–water partition coefficient (Wildman–Crippen LogP) is 3.18. The van der Waals surface area contributed by atoms with E-state index in [9.17, 15) is 24.6 Å². The number of hydrogen-bond donors (Lipinski definition) is 2. The van der Waals surface area contributed by atoms with Crippen LogP contribution in [0.25, 0.3) is 0 Å². The van der Waals surface area contributed by atoms with Crippen LogP contribution in [0.3, 0.4) is 0 Å². The number of aliphatic hydroxyl groups excluding tert-OH is 1. The summed E-state index contributed by atoms with van der Waals surface area (Å²) in [7, 11) is 0. The number of likely N-dealkylation sites (tertiary alicyclic amines) is 1. The first-order chi connectivity index (χ1) is 15.8. The zero-order chi connectivity index (χ0) is 23.9. The van der Waals surface area contributed by atoms with E-state index in [1.807, 2.05) is 0 Å². The summed E-state index contributed by atoms with van der Waals surface area (Å²) in [5, 5.41) is 19.4. The van der Waals surface area contributed by atoms with Crippen LogP contribution in [-0.2, 0) is 14.4 Å². The minimum absolute atomic E-state index is 0.0184. The van der Waals surface area contributed by atoms with Crippen LogP contribution in [0, 0.1) is 11.8 Å². The predicted molar refractivity (Wildman–Crippen MR) is 132 cm³/mol. The lowest BCUT2D eigenvalue weighted by atomic mass is 9.71. The number of amides is 2. The molecule has 0 saturated carbocycles. The van der Waals surface area contributed by atoms with Crippen LogP contribution < -0.4 is 4.90 Å². The highest BCUT2D eigenvalue weighted by molar-refractivity contribution is 9.09. The van der Waals surface area contributed by atoms with Gasteiger partial charge in [-0.05, 0) is 31.4 Å². The zero-order valence-corrected chi connectivity index (χ0v) is 21.1. The smallest absolute Gasteiger partial charge is 0.308 e. The van der Waals surface area contributed by atoms with Gasteiger partial charge in [-0.25, -0.2) is 0 Å². The Labute approximate surface area is 210 Å².